The molecule has 0 saturated carbocycles. The molecular formula is C16H25BrN3O+. The molecule has 2 heterocycles. The Bertz CT molecular complexity index is 607. The maximum Gasteiger partial charge on any atom is 0.135 e. The number of hydrogen-bond acceptors (Lipinski definition) is 3. The van der Waals surface area contributed by atoms with Gasteiger partial charge in [-0.1, -0.05) is 18.9 Å². The van der Waals surface area contributed by atoms with Crippen molar-refractivity contribution in [2.24, 2.45) is 5.10 Å². The molecule has 5 heteroatoms. The van der Waals surface area contributed by atoms with Crippen molar-refractivity contribution in [2.75, 3.05) is 27.2 Å². The molecule has 1 N–H and O–H groups in total. The quantitative estimate of drug-likeness (QED) is 0.823. The molecule has 4 nitrogen and oxygen atoms in total. The summed E-state index contributed by atoms with van der Waals surface area (Å²) in [4.78, 5) is 0. The second-order valence-corrected chi connectivity index (χ2v) is 6.13. The summed E-state index contributed by atoms with van der Waals surface area (Å²) in [7, 11) is 3.73. The molecule has 2 aliphatic heterocycles. The maximum atomic E-state index is 5.34. The molecule has 116 valence electrons. The van der Waals surface area contributed by atoms with Crippen LogP contribution in [0.25, 0.3) is 6.20 Å². The van der Waals surface area contributed by atoms with Crippen LogP contribution in [0.15, 0.2) is 21.7 Å². The first-order chi connectivity index (χ1) is 10.2. The second kappa shape index (κ2) is 6.90. The van der Waals surface area contributed by atoms with Gasteiger partial charge in [-0.25, -0.2) is 0 Å². The summed E-state index contributed by atoms with van der Waals surface area (Å²) in [5, 5.41) is 10.5. The van der Waals surface area contributed by atoms with E-state index in [4.69, 9.17) is 9.84 Å². The summed E-state index contributed by atoms with van der Waals surface area (Å²) in [6, 6.07) is 4.76. The smallest absolute Gasteiger partial charge is 0.135 e. The van der Waals surface area contributed by atoms with Crippen molar-refractivity contribution in [1.29, 1.82) is 0 Å². The second-order valence-electron chi connectivity index (χ2n) is 5.27. The van der Waals surface area contributed by atoms with Crippen molar-refractivity contribution in [3.8, 4) is 5.75 Å². The Morgan fingerprint density at radius 1 is 1.29 bits per heavy atom. The van der Waals surface area contributed by atoms with E-state index in [0.717, 1.165) is 33.3 Å². The molecule has 0 aliphatic carbocycles. The molecule has 1 spiro atoms. The van der Waals surface area contributed by atoms with Gasteiger partial charge in [0.2, 0.25) is 0 Å². The lowest BCUT2D eigenvalue weighted by atomic mass is 10.1. The molecule has 21 heavy (non-hydrogen) atoms. The van der Waals surface area contributed by atoms with Crippen LogP contribution in [0.5, 0.6) is 5.75 Å². The number of piperidine rings is 1. The number of ether oxygens (including phenoxy) is 1. The summed E-state index contributed by atoms with van der Waals surface area (Å²) in [6.07, 6.45) is 4.62. The lowest BCUT2D eigenvalue weighted by Crippen LogP contribution is -2.48. The van der Waals surface area contributed by atoms with Crippen molar-refractivity contribution >= 4 is 22.1 Å². The van der Waals surface area contributed by atoms with Crippen LogP contribution >= 0.6 is 15.9 Å². The Morgan fingerprint density at radius 2 is 1.95 bits per heavy atom. The molecule has 3 rings (SSSR count). The average Bonchev–Trinajstić information content (AvgIpc) is 2.86. The topological polar surface area (TPSA) is 33.6 Å². The van der Waals surface area contributed by atoms with Crippen molar-refractivity contribution in [3.63, 3.8) is 0 Å². The normalized spacial score (nSPS) is 26.2. The SMILES string of the molecule is CC.CNC1CC[N+]2(C=c3cc(Br)c(OC)cc3=N2)CC1. The van der Waals surface area contributed by atoms with Crippen LogP contribution in [-0.4, -0.2) is 37.9 Å². The van der Waals surface area contributed by atoms with E-state index in [2.05, 4.69) is 33.5 Å². The molecule has 1 aromatic rings. The number of methoxy groups -OCH3 is 1. The predicted octanol–water partition coefficient (Wildman–Crippen LogP) is 1.97. The Hall–Kier alpha value is -0.910. The van der Waals surface area contributed by atoms with Crippen LogP contribution in [0, 0.1) is 0 Å². The van der Waals surface area contributed by atoms with E-state index in [0.29, 0.717) is 6.04 Å². The molecule has 1 aromatic carbocycles. The third-order valence-electron chi connectivity index (χ3n) is 4.13. The molecule has 0 bridgehead atoms. The number of quaternary nitrogens is 1. The minimum atomic E-state index is 0.636. The zero-order valence-electron chi connectivity index (χ0n) is 13.3. The van der Waals surface area contributed by atoms with Gasteiger partial charge in [0.25, 0.3) is 0 Å². The largest absolute Gasteiger partial charge is 0.495 e. The Morgan fingerprint density at radius 3 is 2.52 bits per heavy atom. The van der Waals surface area contributed by atoms with E-state index < -0.39 is 0 Å². The molecule has 0 unspecified atom stereocenters. The molecule has 0 amide bonds. The van der Waals surface area contributed by atoms with E-state index in [1.807, 2.05) is 27.0 Å². The first kappa shape index (κ1) is 16.5. The van der Waals surface area contributed by atoms with Crippen molar-refractivity contribution in [1.82, 2.24) is 5.32 Å². The van der Waals surface area contributed by atoms with Gasteiger partial charge in [0.1, 0.15) is 30.4 Å². The van der Waals surface area contributed by atoms with Gasteiger partial charge >= 0.3 is 0 Å². The fourth-order valence-corrected chi connectivity index (χ4v) is 3.46. The van der Waals surface area contributed by atoms with Crippen LogP contribution in [0.1, 0.15) is 26.7 Å². The highest BCUT2D eigenvalue weighted by molar-refractivity contribution is 9.10. The molecule has 0 radical (unpaired) electrons. The molecule has 1 fully saturated rings. The number of nitrogens with zero attached hydrogens (tertiary/aromatic N) is 2. The number of hydrogen-bond donors (Lipinski definition) is 1. The third kappa shape index (κ3) is 3.30. The van der Waals surface area contributed by atoms with Gasteiger partial charge in [0.15, 0.2) is 0 Å². The highest BCUT2D eigenvalue weighted by Gasteiger charge is 2.34. The monoisotopic (exact) mass is 354 g/mol. The summed E-state index contributed by atoms with van der Waals surface area (Å²) in [5.74, 6) is 0.848. The molecule has 1 saturated heterocycles. The third-order valence-corrected chi connectivity index (χ3v) is 4.74. The fourth-order valence-electron chi connectivity index (χ4n) is 2.94. The standard InChI is InChI=1S/C14H19BrN3O.C2H6/c1-16-11-3-5-18(6-4-11)9-10-7-12(15)14(19-2)8-13(10)17-18;1-2/h7-9,11,16H,3-6H2,1-2H3;1-2H3/q+1;. The van der Waals surface area contributed by atoms with Crippen LogP contribution in [0.2, 0.25) is 0 Å². The zero-order valence-corrected chi connectivity index (χ0v) is 14.9. The minimum absolute atomic E-state index is 0.636. The Balaban J connectivity index is 0.000000774. The lowest BCUT2D eigenvalue weighted by molar-refractivity contribution is -0.865. The molecule has 0 aromatic heterocycles. The zero-order chi connectivity index (χ0) is 15.5. The summed E-state index contributed by atoms with van der Waals surface area (Å²) < 4.78 is 7.08. The Labute approximate surface area is 135 Å². The van der Waals surface area contributed by atoms with Gasteiger partial charge in [-0.15, -0.1) is 0 Å². The summed E-state index contributed by atoms with van der Waals surface area (Å²) in [6.45, 7) is 6.14. The maximum absolute atomic E-state index is 5.34. The highest BCUT2D eigenvalue weighted by Crippen LogP contribution is 2.24. The van der Waals surface area contributed by atoms with E-state index >= 15 is 0 Å². The Kier molecular flexibility index (Phi) is 5.41. The van der Waals surface area contributed by atoms with Crippen LogP contribution < -0.4 is 20.6 Å². The first-order valence-corrected chi connectivity index (χ1v) is 8.46. The molecule has 2 aliphatic rings. The summed E-state index contributed by atoms with van der Waals surface area (Å²) in [5.41, 5.74) is 0. The number of nitrogens with one attached hydrogen (secondary N) is 1. The van der Waals surface area contributed by atoms with Gasteiger partial charge in [-0.2, -0.15) is 4.59 Å². The average molecular weight is 355 g/mol. The van der Waals surface area contributed by atoms with Crippen molar-refractivity contribution in [2.45, 2.75) is 32.7 Å². The molecular weight excluding hydrogens is 330 g/mol. The van der Waals surface area contributed by atoms with E-state index in [-0.39, 0.29) is 0 Å². The van der Waals surface area contributed by atoms with Gasteiger partial charge in [0.05, 0.1) is 16.8 Å². The van der Waals surface area contributed by atoms with E-state index in [9.17, 15) is 0 Å². The van der Waals surface area contributed by atoms with Gasteiger partial charge in [0, 0.05) is 24.9 Å². The minimum Gasteiger partial charge on any atom is -0.495 e. The van der Waals surface area contributed by atoms with Crippen LogP contribution in [0.4, 0.5) is 0 Å². The number of benzene rings is 1. The van der Waals surface area contributed by atoms with Crippen molar-refractivity contribution < 1.29 is 9.33 Å². The van der Waals surface area contributed by atoms with Gasteiger partial charge in [-0.3, -0.25) is 0 Å². The summed E-state index contributed by atoms with van der Waals surface area (Å²) >= 11 is 3.54. The number of halogens is 1. The van der Waals surface area contributed by atoms with E-state index in [1.54, 1.807) is 7.11 Å². The van der Waals surface area contributed by atoms with E-state index in [1.165, 1.54) is 18.1 Å². The van der Waals surface area contributed by atoms with Crippen molar-refractivity contribution in [3.05, 3.63) is 27.2 Å². The van der Waals surface area contributed by atoms with Gasteiger partial charge < -0.3 is 10.1 Å². The highest BCUT2D eigenvalue weighted by atomic mass is 79.9. The number of rotatable bonds is 2. The van der Waals surface area contributed by atoms with Crippen LogP contribution in [-0.2, 0) is 0 Å². The molecule has 0 atom stereocenters. The fraction of sp³-hybridized carbons (Fsp3) is 0.562. The number of fused-ring (bicyclic) bond motifs is 1. The van der Waals surface area contributed by atoms with Gasteiger partial charge in [-0.05, 0) is 29.0 Å². The predicted molar refractivity (Wildman–Crippen MR) is 89.4 cm³/mol. The van der Waals surface area contributed by atoms with Crippen LogP contribution in [0.3, 0.4) is 0 Å². The lowest BCUT2D eigenvalue weighted by Gasteiger charge is -2.33. The first-order valence-electron chi connectivity index (χ1n) is 7.66.